The van der Waals surface area contributed by atoms with E-state index >= 15 is 0 Å². The Bertz CT molecular complexity index is 387. The predicted molar refractivity (Wildman–Crippen MR) is 59.1 cm³/mol. The molecule has 1 aliphatic rings. The fraction of sp³-hybridized carbons (Fsp3) is 0.800. The van der Waals surface area contributed by atoms with E-state index in [2.05, 4.69) is 0 Å². The van der Waals surface area contributed by atoms with E-state index in [1.807, 2.05) is 17.0 Å². The van der Waals surface area contributed by atoms with Crippen molar-refractivity contribution in [1.29, 1.82) is 10.5 Å². The molecule has 88 valence electrons. The summed E-state index contributed by atoms with van der Waals surface area (Å²) in [7, 11) is -2.90. The molecule has 1 unspecified atom stereocenters. The van der Waals surface area contributed by atoms with Crippen LogP contribution in [0.25, 0.3) is 0 Å². The van der Waals surface area contributed by atoms with Gasteiger partial charge in [-0.25, -0.2) is 8.42 Å². The van der Waals surface area contributed by atoms with E-state index in [9.17, 15) is 8.42 Å². The van der Waals surface area contributed by atoms with Crippen LogP contribution in [0.2, 0.25) is 0 Å². The number of sulfone groups is 1. The molecule has 5 nitrogen and oxygen atoms in total. The van der Waals surface area contributed by atoms with Gasteiger partial charge in [0.2, 0.25) is 0 Å². The molecule has 0 N–H and O–H groups in total. The first kappa shape index (κ1) is 13.0. The number of hydrogen-bond acceptors (Lipinski definition) is 5. The summed E-state index contributed by atoms with van der Waals surface area (Å²) in [6.45, 7) is 1.11. The Morgan fingerprint density at radius 1 is 1.19 bits per heavy atom. The third-order valence-electron chi connectivity index (χ3n) is 2.75. The minimum atomic E-state index is -2.90. The van der Waals surface area contributed by atoms with Crippen molar-refractivity contribution in [2.24, 2.45) is 0 Å². The van der Waals surface area contributed by atoms with Gasteiger partial charge in [0.05, 0.1) is 23.6 Å². The third kappa shape index (κ3) is 3.80. The Hall–Kier alpha value is -1.11. The molecule has 0 radical (unpaired) electrons. The summed E-state index contributed by atoms with van der Waals surface area (Å²) >= 11 is 0. The van der Waals surface area contributed by atoms with Crippen molar-refractivity contribution >= 4 is 9.84 Å². The van der Waals surface area contributed by atoms with E-state index in [1.165, 1.54) is 0 Å². The van der Waals surface area contributed by atoms with Gasteiger partial charge in [-0.05, 0) is 6.42 Å². The molecule has 1 fully saturated rings. The maximum absolute atomic E-state index is 11.3. The molecule has 0 bridgehead atoms. The van der Waals surface area contributed by atoms with Gasteiger partial charge in [-0.2, -0.15) is 10.5 Å². The van der Waals surface area contributed by atoms with Gasteiger partial charge in [-0.3, -0.25) is 4.90 Å². The number of rotatable bonds is 5. The SMILES string of the molecule is N#CCCN(CCC#N)C1CCS(=O)(=O)C1. The van der Waals surface area contributed by atoms with Crippen LogP contribution in [0.4, 0.5) is 0 Å². The monoisotopic (exact) mass is 241 g/mol. The Kier molecular flexibility index (Phi) is 4.72. The standard InChI is InChI=1S/C10H15N3O2S/c11-4-1-6-13(7-2-5-12)10-3-8-16(14,15)9-10/h10H,1-3,6-9H2. The quantitative estimate of drug-likeness (QED) is 0.691. The second-order valence-corrected chi connectivity index (χ2v) is 6.14. The molecule has 0 spiro atoms. The maximum Gasteiger partial charge on any atom is 0.151 e. The highest BCUT2D eigenvalue weighted by molar-refractivity contribution is 7.91. The van der Waals surface area contributed by atoms with Crippen LogP contribution in [0.15, 0.2) is 0 Å². The van der Waals surface area contributed by atoms with Crippen LogP contribution in [-0.2, 0) is 9.84 Å². The van der Waals surface area contributed by atoms with Crippen molar-refractivity contribution in [3.63, 3.8) is 0 Å². The first-order valence-electron chi connectivity index (χ1n) is 5.27. The van der Waals surface area contributed by atoms with Crippen LogP contribution in [0, 0.1) is 22.7 Å². The van der Waals surface area contributed by atoms with Gasteiger partial charge < -0.3 is 0 Å². The smallest absolute Gasteiger partial charge is 0.151 e. The topological polar surface area (TPSA) is 85.0 Å². The molecule has 0 aromatic heterocycles. The van der Waals surface area contributed by atoms with Crippen molar-refractivity contribution in [2.75, 3.05) is 24.6 Å². The second kappa shape index (κ2) is 5.83. The van der Waals surface area contributed by atoms with Gasteiger partial charge in [0.25, 0.3) is 0 Å². The highest BCUT2D eigenvalue weighted by Crippen LogP contribution is 2.18. The fourth-order valence-corrected chi connectivity index (χ4v) is 3.69. The molecule has 1 aliphatic heterocycles. The van der Waals surface area contributed by atoms with E-state index in [1.54, 1.807) is 0 Å². The van der Waals surface area contributed by atoms with Crippen LogP contribution >= 0.6 is 0 Å². The lowest BCUT2D eigenvalue weighted by atomic mass is 10.2. The van der Waals surface area contributed by atoms with Crippen molar-refractivity contribution in [1.82, 2.24) is 4.90 Å². The van der Waals surface area contributed by atoms with Crippen molar-refractivity contribution < 1.29 is 8.42 Å². The number of nitrogens with zero attached hydrogens (tertiary/aromatic N) is 3. The molecule has 0 amide bonds. The summed E-state index contributed by atoms with van der Waals surface area (Å²) in [4.78, 5) is 1.96. The van der Waals surface area contributed by atoms with Gasteiger partial charge in [0.1, 0.15) is 0 Å². The van der Waals surface area contributed by atoms with Crippen LogP contribution in [-0.4, -0.2) is 44.0 Å². The van der Waals surface area contributed by atoms with Gasteiger partial charge >= 0.3 is 0 Å². The van der Waals surface area contributed by atoms with Gasteiger partial charge in [-0.15, -0.1) is 0 Å². The van der Waals surface area contributed by atoms with Crippen LogP contribution in [0.3, 0.4) is 0 Å². The van der Waals surface area contributed by atoms with Gasteiger partial charge in [0, 0.05) is 32.0 Å². The molecule has 16 heavy (non-hydrogen) atoms. The largest absolute Gasteiger partial charge is 0.297 e. The zero-order valence-electron chi connectivity index (χ0n) is 9.09. The highest BCUT2D eigenvalue weighted by Gasteiger charge is 2.31. The lowest BCUT2D eigenvalue weighted by molar-refractivity contribution is 0.222. The average molecular weight is 241 g/mol. The van der Waals surface area contributed by atoms with Gasteiger partial charge in [0.15, 0.2) is 9.84 Å². The van der Waals surface area contributed by atoms with Crippen LogP contribution in [0.5, 0.6) is 0 Å². The Morgan fingerprint density at radius 3 is 2.12 bits per heavy atom. The van der Waals surface area contributed by atoms with E-state index in [0.717, 1.165) is 0 Å². The molecule has 1 heterocycles. The average Bonchev–Trinajstić information content (AvgIpc) is 2.59. The molecule has 0 saturated carbocycles. The third-order valence-corrected chi connectivity index (χ3v) is 4.50. The van der Waals surface area contributed by atoms with E-state index in [-0.39, 0.29) is 17.5 Å². The van der Waals surface area contributed by atoms with Crippen LogP contribution in [0.1, 0.15) is 19.3 Å². The van der Waals surface area contributed by atoms with E-state index in [0.29, 0.717) is 32.4 Å². The van der Waals surface area contributed by atoms with E-state index < -0.39 is 9.84 Å². The molecule has 1 atom stereocenters. The Morgan fingerprint density at radius 2 is 1.75 bits per heavy atom. The Labute approximate surface area is 96.2 Å². The minimum Gasteiger partial charge on any atom is -0.297 e. The summed E-state index contributed by atoms with van der Waals surface area (Å²) in [5.74, 6) is 0.400. The fourth-order valence-electron chi connectivity index (χ4n) is 1.93. The summed E-state index contributed by atoms with van der Waals surface area (Å²) in [6.07, 6.45) is 1.38. The van der Waals surface area contributed by atoms with Crippen molar-refractivity contribution in [3.8, 4) is 12.1 Å². The highest BCUT2D eigenvalue weighted by atomic mass is 32.2. The summed E-state index contributed by atoms with van der Waals surface area (Å²) in [5, 5.41) is 17.1. The Balaban J connectivity index is 2.56. The van der Waals surface area contributed by atoms with Crippen LogP contribution < -0.4 is 0 Å². The summed E-state index contributed by atoms with van der Waals surface area (Å²) in [6, 6.07) is 4.08. The summed E-state index contributed by atoms with van der Waals surface area (Å²) in [5.41, 5.74) is 0. The number of nitriles is 2. The van der Waals surface area contributed by atoms with E-state index in [4.69, 9.17) is 10.5 Å². The molecule has 0 aromatic carbocycles. The molecule has 0 aromatic rings. The van der Waals surface area contributed by atoms with Gasteiger partial charge in [-0.1, -0.05) is 0 Å². The zero-order valence-corrected chi connectivity index (χ0v) is 9.91. The van der Waals surface area contributed by atoms with Crippen molar-refractivity contribution in [2.45, 2.75) is 25.3 Å². The summed E-state index contributed by atoms with van der Waals surface area (Å²) < 4.78 is 22.7. The van der Waals surface area contributed by atoms with Crippen molar-refractivity contribution in [3.05, 3.63) is 0 Å². The normalized spacial score (nSPS) is 22.8. The number of hydrogen-bond donors (Lipinski definition) is 0. The molecular formula is C10H15N3O2S. The zero-order chi connectivity index (χ0) is 12.0. The first-order valence-corrected chi connectivity index (χ1v) is 7.09. The molecular weight excluding hydrogens is 226 g/mol. The first-order chi connectivity index (χ1) is 7.59. The lowest BCUT2D eigenvalue weighted by Gasteiger charge is -2.25. The predicted octanol–water partition coefficient (Wildman–Crippen LogP) is 0.303. The lowest BCUT2D eigenvalue weighted by Crippen LogP contribution is -2.37. The molecule has 1 rings (SSSR count). The molecule has 1 saturated heterocycles. The minimum absolute atomic E-state index is 0.00769. The maximum atomic E-state index is 11.3. The molecule has 0 aliphatic carbocycles. The second-order valence-electron chi connectivity index (χ2n) is 3.91. The molecule has 6 heteroatoms.